The lowest BCUT2D eigenvalue weighted by Crippen LogP contribution is -2.58. The number of aliphatic hydroxyl groups excluding tert-OH is 1. The van der Waals surface area contributed by atoms with E-state index in [1.54, 1.807) is 41.7 Å². The predicted molar refractivity (Wildman–Crippen MR) is 270 cm³/mol. The molecule has 371 valence electrons. The van der Waals surface area contributed by atoms with Gasteiger partial charge in [0.2, 0.25) is 24.5 Å². The van der Waals surface area contributed by atoms with E-state index in [4.69, 9.17) is 29.2 Å². The van der Waals surface area contributed by atoms with Crippen LogP contribution >= 0.6 is 23.3 Å². The Kier molecular flexibility index (Phi) is 11.9. The normalized spacial score (nSPS) is 27.3. The largest absolute Gasteiger partial charge is 0.464 e. The number of nitrogens with one attached hydrogen (secondary N) is 3. The molecule has 3 radical (unpaired) electrons. The number of aromatic amines is 2. The van der Waals surface area contributed by atoms with Crippen LogP contribution in [0.4, 0.5) is 4.39 Å². The number of aliphatic hydroxyl groups is 1. The molecule has 8 heterocycles. The maximum atomic E-state index is 17.0. The van der Waals surface area contributed by atoms with Crippen molar-refractivity contribution in [3.05, 3.63) is 82.3 Å². The molecule has 0 bridgehead atoms. The predicted octanol–water partition coefficient (Wildman–Crippen LogP) is 8.53. The summed E-state index contributed by atoms with van der Waals surface area (Å²) >= 11 is 3.26. The van der Waals surface area contributed by atoms with Gasteiger partial charge in [-0.15, -0.1) is 11.3 Å². The molecule has 71 heavy (non-hydrogen) atoms. The average Bonchev–Trinajstić information content (AvgIpc) is 3.83. The van der Waals surface area contributed by atoms with Gasteiger partial charge in [0, 0.05) is 61.4 Å². The first kappa shape index (κ1) is 47.1. The molecule has 2 aromatic carbocycles. The summed E-state index contributed by atoms with van der Waals surface area (Å²) < 4.78 is 38.6. The number of benzene rings is 2. The summed E-state index contributed by atoms with van der Waals surface area (Å²) in [5.74, 6) is 2.47. The number of hydrogen-bond donors (Lipinski definition) is 4. The van der Waals surface area contributed by atoms with Crippen molar-refractivity contribution in [2.24, 2.45) is 23.7 Å². The van der Waals surface area contributed by atoms with E-state index in [9.17, 15) is 14.7 Å². The highest BCUT2D eigenvalue weighted by atomic mass is 32.2. The van der Waals surface area contributed by atoms with Gasteiger partial charge in [-0.3, -0.25) is 23.8 Å². The number of carbonyl (C=O) groups excluding carboxylic acids is 2. The molecular weight excluding hydrogens is 958 g/mol. The molecule has 6 unspecified atom stereocenters. The minimum Gasteiger partial charge on any atom is -0.464 e. The number of ether oxygens (including phenoxy) is 3. The number of rotatable bonds is 13. The van der Waals surface area contributed by atoms with Gasteiger partial charge in [-0.2, -0.15) is 0 Å². The molecule has 3 saturated heterocycles. The SMILES string of the molecule is COC(O)NC(C(=O)N1CCC[C@]1([Si])c1ncc(-c2ccc3c(c2)cc2n3C(c3cnc(C4CC4)s3)Oc3cc(-c4cnc(C56CC5CCN(C(=O)[C@@H](C)C(C)C)S6)[nH]4)cc(F)c3-2)[nH]1)C1CCO[C@H](C)C1. The van der Waals surface area contributed by atoms with Crippen LogP contribution in [-0.2, 0) is 29.0 Å². The topological polar surface area (TPSA) is 176 Å². The molecule has 15 nitrogen and oxygen atoms in total. The van der Waals surface area contributed by atoms with Crippen LogP contribution in [0.1, 0.15) is 113 Å². The summed E-state index contributed by atoms with van der Waals surface area (Å²) in [6.07, 6.45) is 10.4. The van der Waals surface area contributed by atoms with Crippen LogP contribution < -0.4 is 10.1 Å². The highest BCUT2D eigenvalue weighted by Crippen LogP contribution is 2.66. The van der Waals surface area contributed by atoms with Crippen LogP contribution in [-0.4, -0.2) is 111 Å². The summed E-state index contributed by atoms with van der Waals surface area (Å²) in [7, 11) is 5.46. The van der Waals surface area contributed by atoms with E-state index in [-0.39, 0.29) is 40.4 Å². The van der Waals surface area contributed by atoms with Crippen LogP contribution in [0.5, 0.6) is 5.75 Å². The van der Waals surface area contributed by atoms with E-state index in [1.165, 1.54) is 7.11 Å². The van der Waals surface area contributed by atoms with Crippen LogP contribution in [0.2, 0.25) is 0 Å². The van der Waals surface area contributed by atoms with Crippen molar-refractivity contribution in [2.75, 3.05) is 26.8 Å². The molecule has 0 spiro atoms. The third-order valence-corrected chi connectivity index (χ3v) is 19.5. The fourth-order valence-corrected chi connectivity index (χ4v) is 14.6. The number of fused-ring (bicyclic) bond motifs is 6. The molecule has 9 atom stereocenters. The lowest BCUT2D eigenvalue weighted by atomic mass is 9.88. The first-order valence-corrected chi connectivity index (χ1v) is 27.2. The lowest BCUT2D eigenvalue weighted by molar-refractivity contribution is -0.149. The maximum absolute atomic E-state index is 17.0. The van der Waals surface area contributed by atoms with Gasteiger partial charge in [0.15, 0.2) is 0 Å². The molecule has 2 aliphatic carbocycles. The third-order valence-electron chi connectivity index (χ3n) is 16.0. The van der Waals surface area contributed by atoms with Crippen LogP contribution in [0, 0.1) is 29.5 Å². The number of thiazole rings is 1. The van der Waals surface area contributed by atoms with Crippen LogP contribution in [0.15, 0.2) is 55.0 Å². The quantitative estimate of drug-likeness (QED) is 0.0496. The second kappa shape index (κ2) is 17.9. The fraction of sp³-hybridized carbons (Fsp3) is 0.519. The minimum absolute atomic E-state index is 0.00872. The van der Waals surface area contributed by atoms with Gasteiger partial charge in [-0.1, -0.05) is 26.8 Å². The van der Waals surface area contributed by atoms with Gasteiger partial charge in [-0.25, -0.2) is 19.3 Å². The summed E-state index contributed by atoms with van der Waals surface area (Å²) in [6.45, 7) is 9.96. The van der Waals surface area contributed by atoms with E-state index in [1.807, 2.05) is 53.5 Å². The number of carbonyl (C=O) groups is 2. The first-order valence-electron chi connectivity index (χ1n) is 25.1. The summed E-state index contributed by atoms with van der Waals surface area (Å²) in [4.78, 5) is 52.4. The first-order chi connectivity index (χ1) is 34.2. The van der Waals surface area contributed by atoms with Crippen molar-refractivity contribution in [3.8, 4) is 39.5 Å². The molecule has 6 aromatic rings. The Morgan fingerprint density at radius 1 is 0.986 bits per heavy atom. The van der Waals surface area contributed by atoms with Gasteiger partial charge in [0.1, 0.15) is 23.2 Å². The molecule has 4 aromatic heterocycles. The van der Waals surface area contributed by atoms with Crippen molar-refractivity contribution >= 4 is 56.2 Å². The number of H-pyrrole nitrogens is 2. The molecule has 4 N–H and O–H groups in total. The zero-order chi connectivity index (χ0) is 49.1. The zero-order valence-corrected chi connectivity index (χ0v) is 43.2. The number of imidazole rings is 2. The number of methoxy groups -OCH3 is 1. The highest BCUT2D eigenvalue weighted by Gasteiger charge is 2.62. The summed E-state index contributed by atoms with van der Waals surface area (Å²) in [6, 6.07) is 11.0. The summed E-state index contributed by atoms with van der Waals surface area (Å²) in [5.41, 5.74) is 4.91. The van der Waals surface area contributed by atoms with Gasteiger partial charge < -0.3 is 34.2 Å². The molecule has 19 heteroatoms. The maximum Gasteiger partial charge on any atom is 0.240 e. The van der Waals surface area contributed by atoms with E-state index in [0.717, 1.165) is 76.5 Å². The van der Waals surface area contributed by atoms with E-state index in [0.29, 0.717) is 78.3 Å². The fourth-order valence-electron chi connectivity index (χ4n) is 11.3. The Morgan fingerprint density at radius 2 is 1.77 bits per heavy atom. The molecule has 12 rings (SSSR count). The smallest absolute Gasteiger partial charge is 0.240 e. The number of amides is 2. The van der Waals surface area contributed by atoms with E-state index >= 15 is 4.39 Å². The highest BCUT2D eigenvalue weighted by molar-refractivity contribution is 7.98. The second-order valence-corrected chi connectivity index (χ2v) is 24.2. The van der Waals surface area contributed by atoms with Crippen LogP contribution in [0.3, 0.4) is 0 Å². The van der Waals surface area contributed by atoms with Crippen molar-refractivity contribution in [1.29, 1.82) is 0 Å². The standard InChI is InChI=1S/C52H59FN9O6S2Si/c1-26(2)28(4)45(63)61-15-11-34-22-51(34,70-61)48-55-24-37(57-48)32-19-35(53)42-39-20-33-18-30(9-10-38(33)62(39)47(68-40(42)21-32)41-25-54-44(69-41)29-7-8-29)36-23-56-49(58-36)52(71)13-6-14-60(52)46(64)43(59-50(65)66-5)31-12-16-67-27(3)17-31/h9-10,18-21,23-29,31,34,43,47,50,59,65H,6-8,11-17,22H2,1-5H3,(H,55,57)(H,56,58)/t27-,28+,31?,34?,43?,47?,50?,51?,52+/m1/s1. The van der Waals surface area contributed by atoms with Crippen LogP contribution in [0.25, 0.3) is 44.7 Å². The van der Waals surface area contributed by atoms with Gasteiger partial charge in [0.25, 0.3) is 0 Å². The zero-order valence-electron chi connectivity index (χ0n) is 40.5. The second-order valence-electron chi connectivity index (χ2n) is 20.9. The van der Waals surface area contributed by atoms with E-state index in [2.05, 4.69) is 50.0 Å². The van der Waals surface area contributed by atoms with E-state index < -0.39 is 29.7 Å². The molecule has 4 aliphatic heterocycles. The number of halogens is 1. The molecule has 2 amide bonds. The number of aromatic nitrogens is 6. The molecular formula is C52H59FN9O6S2Si. The Labute approximate surface area is 423 Å². The average molecular weight is 1020 g/mol. The number of hydrogen-bond acceptors (Lipinski definition) is 12. The van der Waals surface area contributed by atoms with Gasteiger partial charge >= 0.3 is 0 Å². The number of nitrogens with zero attached hydrogens (tertiary/aromatic N) is 6. The number of likely N-dealkylation sites (tertiary alicyclic amines) is 1. The Balaban J connectivity index is 0.859. The minimum atomic E-state index is -1.30. The molecule has 2 saturated carbocycles. The molecule has 5 fully saturated rings. The third kappa shape index (κ3) is 8.17. The Hall–Kier alpha value is -4.89. The van der Waals surface area contributed by atoms with Crippen molar-refractivity contribution in [1.82, 2.24) is 44.0 Å². The monoisotopic (exact) mass is 1020 g/mol. The Bertz CT molecular complexity index is 3040. The summed E-state index contributed by atoms with van der Waals surface area (Å²) in [5, 5.41) is 14.6. The van der Waals surface area contributed by atoms with Gasteiger partial charge in [0.05, 0.1) is 82.7 Å². The van der Waals surface area contributed by atoms with Gasteiger partial charge in [-0.05, 0) is 118 Å². The molecule has 6 aliphatic rings. The van der Waals surface area contributed by atoms with Crippen molar-refractivity contribution in [2.45, 2.75) is 120 Å². The van der Waals surface area contributed by atoms with Crippen molar-refractivity contribution in [3.63, 3.8) is 0 Å². The van der Waals surface area contributed by atoms with Crippen molar-refractivity contribution < 1.29 is 33.3 Å². The lowest BCUT2D eigenvalue weighted by Gasteiger charge is -2.40. The Morgan fingerprint density at radius 3 is 2.55 bits per heavy atom.